The van der Waals surface area contributed by atoms with Gasteiger partial charge >= 0.3 is 0 Å². The Labute approximate surface area is 156 Å². The number of rotatable bonds is 3. The largest absolute Gasteiger partial charge is 0.508 e. The molecule has 1 heterocycles. The summed E-state index contributed by atoms with van der Waals surface area (Å²) in [7, 11) is 1.60. The summed E-state index contributed by atoms with van der Waals surface area (Å²) in [5.74, 6) is 1.17. The van der Waals surface area contributed by atoms with Crippen molar-refractivity contribution in [3.05, 3.63) is 46.7 Å². The number of H-pyrrole nitrogens is 1. The molecule has 3 aromatic rings. The van der Waals surface area contributed by atoms with E-state index in [1.807, 2.05) is 45.0 Å². The van der Waals surface area contributed by atoms with Crippen molar-refractivity contribution in [2.24, 2.45) is 0 Å². The summed E-state index contributed by atoms with van der Waals surface area (Å²) < 4.78 is 7.32. The van der Waals surface area contributed by atoms with Crippen molar-refractivity contribution >= 4 is 12.2 Å². The predicted octanol–water partition coefficient (Wildman–Crippen LogP) is 4.31. The smallest absolute Gasteiger partial charge is 0.200 e. The van der Waals surface area contributed by atoms with E-state index in [2.05, 4.69) is 10.2 Å². The number of ether oxygens (including phenoxy) is 1. The van der Waals surface area contributed by atoms with E-state index in [0.717, 1.165) is 11.4 Å². The van der Waals surface area contributed by atoms with Crippen molar-refractivity contribution in [2.75, 3.05) is 7.11 Å². The third kappa shape index (κ3) is 3.17. The zero-order chi connectivity index (χ0) is 19.1. The number of nitrogens with zero attached hydrogens (tertiary/aromatic N) is 2. The molecule has 0 saturated heterocycles. The van der Waals surface area contributed by atoms with Gasteiger partial charge in [-0.2, -0.15) is 5.10 Å². The van der Waals surface area contributed by atoms with E-state index in [9.17, 15) is 10.2 Å². The molecule has 0 saturated carbocycles. The van der Waals surface area contributed by atoms with Crippen molar-refractivity contribution < 1.29 is 14.9 Å². The van der Waals surface area contributed by atoms with Gasteiger partial charge in [0.15, 0.2) is 10.6 Å². The van der Waals surface area contributed by atoms with Crippen LogP contribution in [0.25, 0.3) is 17.1 Å². The molecule has 0 fully saturated rings. The van der Waals surface area contributed by atoms with E-state index in [1.165, 1.54) is 6.07 Å². The van der Waals surface area contributed by atoms with E-state index in [0.29, 0.717) is 21.7 Å². The molecule has 1 aromatic heterocycles. The summed E-state index contributed by atoms with van der Waals surface area (Å²) in [6, 6.07) is 10.4. The fourth-order valence-corrected chi connectivity index (χ4v) is 3.04. The van der Waals surface area contributed by atoms with Gasteiger partial charge in [0, 0.05) is 11.6 Å². The fourth-order valence-electron chi connectivity index (χ4n) is 2.81. The second-order valence-electron chi connectivity index (χ2n) is 7.02. The van der Waals surface area contributed by atoms with Crippen molar-refractivity contribution in [1.29, 1.82) is 0 Å². The number of aromatic hydroxyl groups is 2. The van der Waals surface area contributed by atoms with Crippen LogP contribution in [-0.2, 0) is 5.41 Å². The van der Waals surface area contributed by atoms with Crippen LogP contribution < -0.4 is 4.74 Å². The van der Waals surface area contributed by atoms with Crippen LogP contribution in [0.4, 0.5) is 0 Å². The van der Waals surface area contributed by atoms with Crippen LogP contribution in [0.1, 0.15) is 26.3 Å². The summed E-state index contributed by atoms with van der Waals surface area (Å²) in [5, 5.41) is 27.7. The number of nitrogens with one attached hydrogen (secondary N) is 1. The number of benzene rings is 2. The van der Waals surface area contributed by atoms with Crippen molar-refractivity contribution in [1.82, 2.24) is 14.8 Å². The first-order valence-electron chi connectivity index (χ1n) is 8.11. The molecule has 7 heteroatoms. The second kappa shape index (κ2) is 6.49. The molecule has 0 aliphatic heterocycles. The van der Waals surface area contributed by atoms with Gasteiger partial charge in [-0.3, -0.25) is 9.67 Å². The Balaban J connectivity index is 2.22. The number of hydrogen-bond donors (Lipinski definition) is 3. The van der Waals surface area contributed by atoms with Gasteiger partial charge in [-0.05, 0) is 48.0 Å². The molecular weight excluding hydrogens is 350 g/mol. The molecular formula is C19H21N3O3S. The van der Waals surface area contributed by atoms with Crippen LogP contribution in [0.3, 0.4) is 0 Å². The average Bonchev–Trinajstić information content (AvgIpc) is 2.95. The molecule has 2 aromatic carbocycles. The van der Waals surface area contributed by atoms with Crippen LogP contribution in [0.15, 0.2) is 36.4 Å². The molecule has 0 bridgehead atoms. The molecule has 3 N–H and O–H groups in total. The first kappa shape index (κ1) is 18.0. The molecule has 26 heavy (non-hydrogen) atoms. The molecule has 3 rings (SSSR count). The highest BCUT2D eigenvalue weighted by molar-refractivity contribution is 7.71. The van der Waals surface area contributed by atoms with Gasteiger partial charge in [-0.25, -0.2) is 0 Å². The molecule has 0 spiro atoms. The minimum absolute atomic E-state index is 0.0453. The molecule has 136 valence electrons. The number of phenolic OH excluding ortho intramolecular Hbond substituents is 2. The highest BCUT2D eigenvalue weighted by Crippen LogP contribution is 2.39. The van der Waals surface area contributed by atoms with Crippen molar-refractivity contribution in [3.63, 3.8) is 0 Å². The summed E-state index contributed by atoms with van der Waals surface area (Å²) in [4.78, 5) is 0. The highest BCUT2D eigenvalue weighted by Gasteiger charge is 2.23. The second-order valence-corrected chi connectivity index (χ2v) is 7.41. The SMILES string of the molecule is COc1ccc(-n2c(-c3cc(C(C)(C)C)c(O)cc3O)n[nH]c2=S)cc1. The lowest BCUT2D eigenvalue weighted by Crippen LogP contribution is -2.11. The fraction of sp³-hybridized carbons (Fsp3) is 0.263. The van der Waals surface area contributed by atoms with Gasteiger partial charge in [0.2, 0.25) is 0 Å². The monoisotopic (exact) mass is 371 g/mol. The molecule has 6 nitrogen and oxygen atoms in total. The Kier molecular flexibility index (Phi) is 4.50. The maximum absolute atomic E-state index is 10.4. The summed E-state index contributed by atoms with van der Waals surface area (Å²) in [5.41, 5.74) is 1.67. The van der Waals surface area contributed by atoms with Gasteiger partial charge in [0.25, 0.3) is 0 Å². The number of phenols is 2. The van der Waals surface area contributed by atoms with Gasteiger partial charge in [-0.1, -0.05) is 20.8 Å². The number of hydrogen-bond acceptors (Lipinski definition) is 5. The quantitative estimate of drug-likeness (QED) is 0.598. The van der Waals surface area contributed by atoms with Crippen molar-refractivity contribution in [3.8, 4) is 34.3 Å². The molecule has 0 unspecified atom stereocenters. The van der Waals surface area contributed by atoms with E-state index < -0.39 is 0 Å². The topological polar surface area (TPSA) is 83.3 Å². The zero-order valence-electron chi connectivity index (χ0n) is 15.1. The summed E-state index contributed by atoms with van der Waals surface area (Å²) in [6.07, 6.45) is 0. The van der Waals surface area contributed by atoms with Gasteiger partial charge in [0.05, 0.1) is 18.4 Å². The first-order valence-corrected chi connectivity index (χ1v) is 8.52. The number of aromatic amines is 1. The normalized spacial score (nSPS) is 11.5. The lowest BCUT2D eigenvalue weighted by atomic mass is 9.85. The Hall–Kier alpha value is -2.80. The van der Waals surface area contributed by atoms with Crippen LogP contribution in [-0.4, -0.2) is 32.1 Å². The van der Waals surface area contributed by atoms with E-state index in [1.54, 1.807) is 17.7 Å². The summed E-state index contributed by atoms with van der Waals surface area (Å²) in [6.45, 7) is 5.97. The minimum atomic E-state index is -0.301. The Bertz CT molecular complexity index is 998. The lowest BCUT2D eigenvalue weighted by molar-refractivity contribution is 0.414. The molecule has 0 radical (unpaired) electrons. The Morgan fingerprint density at radius 2 is 1.73 bits per heavy atom. The Morgan fingerprint density at radius 3 is 2.31 bits per heavy atom. The average molecular weight is 371 g/mol. The number of methoxy groups -OCH3 is 1. The van der Waals surface area contributed by atoms with E-state index in [4.69, 9.17) is 17.0 Å². The molecule has 0 aliphatic carbocycles. The summed E-state index contributed by atoms with van der Waals surface area (Å²) >= 11 is 5.37. The Morgan fingerprint density at radius 1 is 1.08 bits per heavy atom. The predicted molar refractivity (Wildman–Crippen MR) is 103 cm³/mol. The van der Waals surface area contributed by atoms with Crippen LogP contribution >= 0.6 is 12.2 Å². The molecule has 0 amide bonds. The zero-order valence-corrected chi connectivity index (χ0v) is 15.9. The third-order valence-electron chi connectivity index (χ3n) is 4.17. The lowest BCUT2D eigenvalue weighted by Gasteiger charge is -2.22. The van der Waals surface area contributed by atoms with E-state index in [-0.39, 0.29) is 16.9 Å². The minimum Gasteiger partial charge on any atom is -0.508 e. The first-order chi connectivity index (χ1) is 12.2. The van der Waals surface area contributed by atoms with Crippen LogP contribution in [0.2, 0.25) is 0 Å². The van der Waals surface area contributed by atoms with Gasteiger partial charge in [-0.15, -0.1) is 0 Å². The maximum atomic E-state index is 10.4. The highest BCUT2D eigenvalue weighted by atomic mass is 32.1. The molecule has 0 atom stereocenters. The van der Waals surface area contributed by atoms with Gasteiger partial charge < -0.3 is 14.9 Å². The number of aromatic nitrogens is 3. The maximum Gasteiger partial charge on any atom is 0.200 e. The third-order valence-corrected chi connectivity index (χ3v) is 4.44. The van der Waals surface area contributed by atoms with Crippen LogP contribution in [0.5, 0.6) is 17.2 Å². The van der Waals surface area contributed by atoms with Crippen LogP contribution in [0, 0.1) is 4.77 Å². The standard InChI is InChI=1S/C19H21N3O3S/c1-19(2,3)14-9-13(15(23)10-16(14)24)17-20-21-18(26)22(17)11-5-7-12(25-4)8-6-11/h5-10,23-24H,1-4H3,(H,21,26). The van der Waals surface area contributed by atoms with Crippen molar-refractivity contribution in [2.45, 2.75) is 26.2 Å². The molecule has 0 aliphatic rings. The van der Waals surface area contributed by atoms with Gasteiger partial charge in [0.1, 0.15) is 17.2 Å². The van der Waals surface area contributed by atoms with E-state index >= 15 is 0 Å².